The molecule has 15 heteroatoms. The molecule has 6 atom stereocenters. The number of nitrogens with one attached hydrogen (secondary N) is 1. The zero-order chi connectivity index (χ0) is 30.1. The van der Waals surface area contributed by atoms with Gasteiger partial charge in [-0.1, -0.05) is 36.4 Å². The molecule has 1 aromatic heterocycles. The first-order valence-corrected chi connectivity index (χ1v) is 15.1. The van der Waals surface area contributed by atoms with Gasteiger partial charge in [-0.3, -0.25) is 13.9 Å². The van der Waals surface area contributed by atoms with Crippen LogP contribution in [-0.2, 0) is 23.4 Å². The zero-order valence-corrected chi connectivity index (χ0v) is 25.2. The second-order valence-corrected chi connectivity index (χ2v) is 12.6. The van der Waals surface area contributed by atoms with Crippen LogP contribution < -0.4 is 21.0 Å². The van der Waals surface area contributed by atoms with Crippen LogP contribution in [0.25, 0.3) is 10.8 Å². The van der Waals surface area contributed by atoms with Crippen LogP contribution in [0.15, 0.2) is 57.9 Å². The minimum absolute atomic E-state index is 0.0629. The second kappa shape index (κ2) is 12.2. The molecule has 13 nitrogen and oxygen atoms in total. The average molecular weight is 655 g/mol. The molecule has 0 bridgehead atoms. The molecule has 5 N–H and O–H groups in total. The summed E-state index contributed by atoms with van der Waals surface area (Å²) in [6.45, 7) is 5.50. The maximum atomic E-state index is 14.1. The first kappa shape index (κ1) is 31.1. The predicted molar refractivity (Wildman–Crippen MR) is 153 cm³/mol. The average Bonchev–Trinajstić information content (AvgIpc) is 3.13. The van der Waals surface area contributed by atoms with Crippen LogP contribution in [0.1, 0.15) is 33.9 Å². The summed E-state index contributed by atoms with van der Waals surface area (Å²) in [6, 6.07) is 11.3. The van der Waals surface area contributed by atoms with Gasteiger partial charge in [0, 0.05) is 11.6 Å². The van der Waals surface area contributed by atoms with Crippen molar-refractivity contribution in [3.05, 3.63) is 63.6 Å². The molecular formula is C26H32BrN4O9P. The number of anilines is 1. The highest BCUT2D eigenvalue weighted by Gasteiger charge is 2.54. The fourth-order valence-electron chi connectivity index (χ4n) is 4.29. The fraction of sp³-hybridized carbons (Fsp3) is 0.423. The Morgan fingerprint density at radius 1 is 1.27 bits per heavy atom. The Kier molecular flexibility index (Phi) is 9.24. The van der Waals surface area contributed by atoms with Crippen molar-refractivity contribution in [2.45, 2.75) is 63.9 Å². The maximum Gasteiger partial charge on any atom is 0.459 e. The number of aliphatic hydroxyl groups excluding tert-OH is 1. The molecule has 1 fully saturated rings. The van der Waals surface area contributed by atoms with E-state index >= 15 is 0 Å². The molecule has 1 unspecified atom stereocenters. The van der Waals surface area contributed by atoms with E-state index in [9.17, 15) is 24.4 Å². The number of hydrogen-bond acceptors (Lipinski definition) is 11. The van der Waals surface area contributed by atoms with Crippen molar-refractivity contribution in [3.63, 3.8) is 0 Å². The van der Waals surface area contributed by atoms with E-state index in [1.165, 1.54) is 20.0 Å². The SMILES string of the molecule is CC(C)OC(=O)[C@@H](C)NP(=O)(OC[C@H]1O[C@@H](n2cc(Br)c(N)nc2=O)[C@](C)(O)[C@@H]1O)Oc1cccc2ccccc12. The molecule has 0 radical (unpaired) electrons. The lowest BCUT2D eigenvalue weighted by atomic mass is 9.96. The lowest BCUT2D eigenvalue weighted by molar-refractivity contribution is -0.149. The number of ether oxygens (including phenoxy) is 2. The molecule has 222 valence electrons. The van der Waals surface area contributed by atoms with E-state index in [0.29, 0.717) is 5.39 Å². The molecule has 0 aliphatic carbocycles. The number of esters is 1. The van der Waals surface area contributed by atoms with E-state index in [-0.39, 0.29) is 16.0 Å². The van der Waals surface area contributed by atoms with Crippen LogP contribution >= 0.6 is 23.7 Å². The minimum atomic E-state index is -4.36. The van der Waals surface area contributed by atoms with E-state index < -0.39 is 62.2 Å². The van der Waals surface area contributed by atoms with Crippen molar-refractivity contribution in [2.24, 2.45) is 0 Å². The molecule has 4 rings (SSSR count). The Hall–Kier alpha value is -2.84. The number of aromatic nitrogens is 2. The van der Waals surface area contributed by atoms with Crippen LogP contribution in [0.2, 0.25) is 0 Å². The van der Waals surface area contributed by atoms with Crippen molar-refractivity contribution in [1.82, 2.24) is 14.6 Å². The largest absolute Gasteiger partial charge is 0.462 e. The van der Waals surface area contributed by atoms with Gasteiger partial charge >= 0.3 is 19.4 Å². The minimum Gasteiger partial charge on any atom is -0.462 e. The molecule has 0 amide bonds. The Balaban J connectivity index is 1.60. The van der Waals surface area contributed by atoms with Gasteiger partial charge in [-0.25, -0.2) is 9.36 Å². The molecular weight excluding hydrogens is 623 g/mol. The molecule has 41 heavy (non-hydrogen) atoms. The number of nitrogens with zero attached hydrogens (tertiary/aromatic N) is 2. The van der Waals surface area contributed by atoms with Crippen LogP contribution in [0.4, 0.5) is 5.82 Å². The van der Waals surface area contributed by atoms with Gasteiger partial charge in [-0.15, -0.1) is 0 Å². The number of halogens is 1. The van der Waals surface area contributed by atoms with Crippen molar-refractivity contribution >= 4 is 46.2 Å². The summed E-state index contributed by atoms with van der Waals surface area (Å²) in [5.41, 5.74) is 2.85. The van der Waals surface area contributed by atoms with Crippen molar-refractivity contribution in [3.8, 4) is 5.75 Å². The third-order valence-electron chi connectivity index (χ3n) is 6.38. The molecule has 1 saturated heterocycles. The van der Waals surface area contributed by atoms with Crippen molar-refractivity contribution in [1.29, 1.82) is 0 Å². The highest BCUT2D eigenvalue weighted by atomic mass is 79.9. The molecule has 1 aliphatic rings. The molecule has 2 heterocycles. The molecule has 0 spiro atoms. The monoisotopic (exact) mass is 654 g/mol. The van der Waals surface area contributed by atoms with E-state index in [0.717, 1.165) is 9.95 Å². The molecule has 0 saturated carbocycles. The number of carbonyl (C=O) groups excluding carboxylic acids is 1. The summed E-state index contributed by atoms with van der Waals surface area (Å²) >= 11 is 3.18. The number of nitrogen functional groups attached to an aromatic ring is 1. The lowest BCUT2D eigenvalue weighted by Gasteiger charge is -2.27. The van der Waals surface area contributed by atoms with Crippen molar-refractivity contribution < 1.29 is 38.1 Å². The zero-order valence-electron chi connectivity index (χ0n) is 22.8. The van der Waals surface area contributed by atoms with Crippen LogP contribution in [0.3, 0.4) is 0 Å². The Morgan fingerprint density at radius 2 is 1.95 bits per heavy atom. The first-order valence-electron chi connectivity index (χ1n) is 12.7. The van der Waals surface area contributed by atoms with Crippen LogP contribution in [0.5, 0.6) is 5.75 Å². The fourth-order valence-corrected chi connectivity index (χ4v) is 6.12. The maximum absolute atomic E-state index is 14.1. The normalized spacial score (nSPS) is 24.7. The number of rotatable bonds is 10. The highest BCUT2D eigenvalue weighted by molar-refractivity contribution is 9.10. The van der Waals surface area contributed by atoms with Gasteiger partial charge in [0.15, 0.2) is 6.23 Å². The van der Waals surface area contributed by atoms with Gasteiger partial charge in [0.05, 0.1) is 17.2 Å². The van der Waals surface area contributed by atoms with Gasteiger partial charge in [0.2, 0.25) is 0 Å². The quantitative estimate of drug-likeness (QED) is 0.185. The lowest BCUT2D eigenvalue weighted by Crippen LogP contribution is -2.46. The summed E-state index contributed by atoms with van der Waals surface area (Å²) < 4.78 is 37.9. The summed E-state index contributed by atoms with van der Waals surface area (Å²) in [5, 5.41) is 26.0. The summed E-state index contributed by atoms with van der Waals surface area (Å²) in [7, 11) is -4.36. The van der Waals surface area contributed by atoms with E-state index in [4.69, 9.17) is 24.3 Å². The first-order chi connectivity index (χ1) is 19.2. The number of carbonyl (C=O) groups is 1. The standard InChI is InChI=1S/C26H32BrN4O9P/c1-14(2)38-23(33)15(3)30-41(36,40-19-11-7-9-16-8-5-6-10-17(16)19)37-13-20-21(32)26(4,35)24(39-20)31-12-18(27)22(28)29-25(31)34/h5-12,14-15,20-21,24,32,35H,13H2,1-4H3,(H,30,36)(H2,28,29,34)/t15-,20-,21-,24-,26-,41?/m1/s1. The van der Waals surface area contributed by atoms with Gasteiger partial charge in [0.25, 0.3) is 0 Å². The highest BCUT2D eigenvalue weighted by Crippen LogP contribution is 2.48. The van der Waals surface area contributed by atoms with Crippen molar-refractivity contribution in [2.75, 3.05) is 12.3 Å². The number of aliphatic hydroxyl groups is 2. The van der Waals surface area contributed by atoms with Crippen LogP contribution in [-0.4, -0.2) is 62.3 Å². The van der Waals surface area contributed by atoms with Gasteiger partial charge in [-0.2, -0.15) is 10.1 Å². The Morgan fingerprint density at radius 3 is 2.66 bits per heavy atom. The summed E-state index contributed by atoms with van der Waals surface area (Å²) in [5.74, 6) is -0.538. The second-order valence-electron chi connectivity index (χ2n) is 10.1. The smallest absolute Gasteiger partial charge is 0.459 e. The molecule has 2 aromatic carbocycles. The van der Waals surface area contributed by atoms with E-state index in [1.807, 2.05) is 18.2 Å². The van der Waals surface area contributed by atoms with E-state index in [2.05, 4.69) is 26.0 Å². The topological polar surface area (TPSA) is 184 Å². The number of benzene rings is 2. The third kappa shape index (κ3) is 6.81. The van der Waals surface area contributed by atoms with Gasteiger partial charge < -0.3 is 29.9 Å². The van der Waals surface area contributed by atoms with Gasteiger partial charge in [-0.05, 0) is 55.1 Å². The van der Waals surface area contributed by atoms with Crippen LogP contribution in [0, 0.1) is 0 Å². The summed E-state index contributed by atoms with van der Waals surface area (Å²) in [4.78, 5) is 28.7. The summed E-state index contributed by atoms with van der Waals surface area (Å²) in [6.07, 6.45) is -3.40. The molecule has 3 aromatic rings. The number of fused-ring (bicyclic) bond motifs is 1. The Bertz CT molecular complexity index is 1530. The Labute approximate surface area is 244 Å². The number of hydrogen-bond donors (Lipinski definition) is 4. The third-order valence-corrected chi connectivity index (χ3v) is 8.62. The predicted octanol–water partition coefficient (Wildman–Crippen LogP) is 2.88. The number of nitrogens with two attached hydrogens (primary N) is 1. The van der Waals surface area contributed by atoms with E-state index in [1.54, 1.807) is 38.1 Å². The molecule has 1 aliphatic heterocycles. The van der Waals surface area contributed by atoms with Gasteiger partial charge in [0.1, 0.15) is 35.4 Å².